The monoisotopic (exact) mass is 396 g/mol. The molecule has 29 heavy (non-hydrogen) atoms. The third-order valence-electron chi connectivity index (χ3n) is 4.17. The molecule has 0 atom stereocenters. The summed E-state index contributed by atoms with van der Waals surface area (Å²) in [4.78, 5) is 15.3. The molecule has 3 rings (SSSR count). The maximum atomic E-state index is 12.5. The smallest absolute Gasteiger partial charge is 0.387 e. The molecule has 3 aromatic rings. The molecule has 1 heterocycles. The Morgan fingerprint density at radius 3 is 2.66 bits per heavy atom. The molecule has 0 aliphatic rings. The van der Waals surface area contributed by atoms with E-state index >= 15 is 0 Å². The number of alkyl halides is 2. The van der Waals surface area contributed by atoms with Gasteiger partial charge in [-0.15, -0.1) is 0 Å². The van der Waals surface area contributed by atoms with Crippen LogP contribution in [0.5, 0.6) is 5.75 Å². The van der Waals surface area contributed by atoms with Gasteiger partial charge in [0.2, 0.25) is 5.91 Å². The highest BCUT2D eigenvalue weighted by Crippen LogP contribution is 2.29. The highest BCUT2D eigenvalue weighted by molar-refractivity contribution is 5.94. The molecule has 0 fully saturated rings. The molecule has 0 bridgehead atoms. The number of anilines is 2. The van der Waals surface area contributed by atoms with Crippen molar-refractivity contribution >= 4 is 28.2 Å². The Morgan fingerprint density at radius 1 is 1.24 bits per heavy atom. The molecular weight excluding hydrogens is 378 g/mol. The van der Waals surface area contributed by atoms with Gasteiger partial charge in [-0.25, -0.2) is 0 Å². The summed E-state index contributed by atoms with van der Waals surface area (Å²) < 4.78 is 29.5. The number of carbonyl (C=O) groups excluding carboxylic acids is 1. The maximum absolute atomic E-state index is 12.5. The summed E-state index contributed by atoms with van der Waals surface area (Å²) in [5.74, 6) is -0.135. The number of pyridine rings is 1. The molecule has 0 saturated heterocycles. The average molecular weight is 396 g/mol. The Morgan fingerprint density at radius 2 is 2.00 bits per heavy atom. The second-order valence-corrected chi connectivity index (χ2v) is 6.27. The number of fused-ring (bicyclic) bond motifs is 1. The van der Waals surface area contributed by atoms with Crippen molar-refractivity contribution in [2.75, 3.05) is 17.2 Å². The number of amides is 1. The summed E-state index contributed by atoms with van der Waals surface area (Å²) in [6, 6.07) is 13.9. The van der Waals surface area contributed by atoms with E-state index in [2.05, 4.69) is 26.4 Å². The van der Waals surface area contributed by atoms with Crippen LogP contribution in [0.25, 0.3) is 10.9 Å². The molecule has 0 radical (unpaired) electrons. The number of nitriles is 1. The predicted octanol–water partition coefficient (Wildman–Crippen LogP) is 4.32. The van der Waals surface area contributed by atoms with Gasteiger partial charge in [0, 0.05) is 30.7 Å². The van der Waals surface area contributed by atoms with E-state index in [0.29, 0.717) is 40.8 Å². The molecule has 8 heteroatoms. The lowest BCUT2D eigenvalue weighted by molar-refractivity contribution is -0.114. The van der Waals surface area contributed by atoms with Gasteiger partial charge < -0.3 is 15.4 Å². The van der Waals surface area contributed by atoms with E-state index in [0.717, 1.165) is 5.56 Å². The van der Waals surface area contributed by atoms with Gasteiger partial charge in [0.15, 0.2) is 0 Å². The second-order valence-electron chi connectivity index (χ2n) is 6.27. The molecular formula is C21H18F2N4O2. The number of rotatable bonds is 7. The molecule has 0 aliphatic carbocycles. The fourth-order valence-corrected chi connectivity index (χ4v) is 2.91. The first-order valence-electron chi connectivity index (χ1n) is 8.84. The first-order valence-corrected chi connectivity index (χ1v) is 8.84. The van der Waals surface area contributed by atoms with Crippen molar-refractivity contribution in [3.05, 3.63) is 59.8 Å². The number of carbonyl (C=O) groups is 1. The Labute approximate surface area is 166 Å². The maximum Gasteiger partial charge on any atom is 0.387 e. The Hall–Kier alpha value is -3.73. The van der Waals surface area contributed by atoms with Crippen molar-refractivity contribution in [1.29, 1.82) is 5.26 Å². The molecule has 0 spiro atoms. The van der Waals surface area contributed by atoms with E-state index in [9.17, 15) is 18.8 Å². The number of hydrogen-bond donors (Lipinski definition) is 2. The predicted molar refractivity (Wildman–Crippen MR) is 106 cm³/mol. The van der Waals surface area contributed by atoms with Gasteiger partial charge in [-0.2, -0.15) is 14.0 Å². The third-order valence-corrected chi connectivity index (χ3v) is 4.17. The topological polar surface area (TPSA) is 87.0 Å². The van der Waals surface area contributed by atoms with E-state index < -0.39 is 6.61 Å². The summed E-state index contributed by atoms with van der Waals surface area (Å²) in [6.45, 7) is -0.981. The van der Waals surface area contributed by atoms with Crippen LogP contribution in [0.1, 0.15) is 18.1 Å². The molecule has 2 N–H and O–H groups in total. The van der Waals surface area contributed by atoms with Crippen molar-refractivity contribution in [3.63, 3.8) is 0 Å². The highest BCUT2D eigenvalue weighted by Gasteiger charge is 2.12. The van der Waals surface area contributed by atoms with Gasteiger partial charge >= 0.3 is 6.61 Å². The van der Waals surface area contributed by atoms with Crippen molar-refractivity contribution in [3.8, 4) is 11.8 Å². The van der Waals surface area contributed by atoms with Gasteiger partial charge in [-0.3, -0.25) is 9.78 Å². The van der Waals surface area contributed by atoms with Crippen LogP contribution in [0.2, 0.25) is 0 Å². The van der Waals surface area contributed by atoms with E-state index in [1.54, 1.807) is 6.07 Å². The zero-order valence-electron chi connectivity index (χ0n) is 15.6. The fraction of sp³-hybridized carbons (Fsp3) is 0.190. The average Bonchev–Trinajstić information content (AvgIpc) is 2.68. The lowest BCUT2D eigenvalue weighted by atomic mass is 10.1. The number of nitrogens with zero attached hydrogens (tertiary/aromatic N) is 2. The molecule has 148 valence electrons. The van der Waals surface area contributed by atoms with Crippen LogP contribution >= 0.6 is 0 Å². The summed E-state index contributed by atoms with van der Waals surface area (Å²) in [5, 5.41) is 15.8. The van der Waals surface area contributed by atoms with Crippen molar-refractivity contribution in [2.24, 2.45) is 0 Å². The number of nitrogens with one attached hydrogen (secondary N) is 2. The summed E-state index contributed by atoms with van der Waals surface area (Å²) in [5.41, 5.74) is 3.14. The molecule has 0 aliphatic heterocycles. The minimum atomic E-state index is -2.93. The Balaban J connectivity index is 1.77. The highest BCUT2D eigenvalue weighted by atomic mass is 19.3. The molecule has 0 unspecified atom stereocenters. The Kier molecular flexibility index (Phi) is 6.19. The van der Waals surface area contributed by atoms with Gasteiger partial charge in [0.05, 0.1) is 16.8 Å². The standard InChI is InChI=1S/C21H18F2N4O2/c1-13(28)27-16-4-2-14(3-5-16)8-9-25-20-15(11-24)12-26-19-7-6-17(10-18(19)20)29-21(22)23/h2-7,10,12,21H,8-9H2,1H3,(H,25,26)(H,27,28). The van der Waals surface area contributed by atoms with Crippen LogP contribution < -0.4 is 15.4 Å². The van der Waals surface area contributed by atoms with Gasteiger partial charge in [-0.05, 0) is 42.3 Å². The minimum Gasteiger partial charge on any atom is -0.435 e. The summed E-state index contributed by atoms with van der Waals surface area (Å²) in [7, 11) is 0. The quantitative estimate of drug-likeness (QED) is 0.621. The van der Waals surface area contributed by atoms with E-state index in [-0.39, 0.29) is 11.7 Å². The van der Waals surface area contributed by atoms with E-state index in [1.165, 1.54) is 25.3 Å². The molecule has 1 amide bonds. The number of benzene rings is 2. The SMILES string of the molecule is CC(=O)Nc1ccc(CCNc2c(C#N)cnc3ccc(OC(F)F)cc23)cc1. The molecule has 6 nitrogen and oxygen atoms in total. The van der Waals surface area contributed by atoms with E-state index in [4.69, 9.17) is 0 Å². The first kappa shape index (κ1) is 20.0. The third kappa shape index (κ3) is 5.17. The largest absolute Gasteiger partial charge is 0.435 e. The number of halogens is 2. The molecule has 2 aromatic carbocycles. The second kappa shape index (κ2) is 8.97. The van der Waals surface area contributed by atoms with Crippen molar-refractivity contribution in [2.45, 2.75) is 20.0 Å². The lowest BCUT2D eigenvalue weighted by Gasteiger charge is -2.13. The number of hydrogen-bond acceptors (Lipinski definition) is 5. The van der Waals surface area contributed by atoms with Crippen LogP contribution in [-0.2, 0) is 11.2 Å². The number of aromatic nitrogens is 1. The van der Waals surface area contributed by atoms with Gasteiger partial charge in [0.1, 0.15) is 11.8 Å². The van der Waals surface area contributed by atoms with Crippen LogP contribution in [-0.4, -0.2) is 24.0 Å². The zero-order valence-corrected chi connectivity index (χ0v) is 15.6. The summed E-state index contributed by atoms with van der Waals surface area (Å²) in [6.07, 6.45) is 2.10. The van der Waals surface area contributed by atoms with E-state index in [1.807, 2.05) is 24.3 Å². The van der Waals surface area contributed by atoms with Gasteiger partial charge in [-0.1, -0.05) is 12.1 Å². The van der Waals surface area contributed by atoms with Gasteiger partial charge in [0.25, 0.3) is 0 Å². The lowest BCUT2D eigenvalue weighted by Crippen LogP contribution is -2.08. The summed E-state index contributed by atoms with van der Waals surface area (Å²) >= 11 is 0. The normalized spacial score (nSPS) is 10.6. The minimum absolute atomic E-state index is 0.000926. The molecule has 1 aromatic heterocycles. The van der Waals surface area contributed by atoms with Crippen LogP contribution in [0.3, 0.4) is 0 Å². The zero-order chi connectivity index (χ0) is 20.8. The van der Waals surface area contributed by atoms with Crippen LogP contribution in [0, 0.1) is 11.3 Å². The van der Waals surface area contributed by atoms with Crippen molar-refractivity contribution in [1.82, 2.24) is 4.98 Å². The molecule has 0 saturated carbocycles. The van der Waals surface area contributed by atoms with Crippen LogP contribution in [0.4, 0.5) is 20.2 Å². The first-order chi connectivity index (χ1) is 14.0. The number of ether oxygens (including phenoxy) is 1. The van der Waals surface area contributed by atoms with Crippen molar-refractivity contribution < 1.29 is 18.3 Å². The fourth-order valence-electron chi connectivity index (χ4n) is 2.91. The Bertz CT molecular complexity index is 1060. The van der Waals surface area contributed by atoms with Crippen LogP contribution in [0.15, 0.2) is 48.7 Å².